The standard InChI is InChI=1S/C19H19BrN2OS/c20-16-9-7-15(8-10-16)17(14-5-2-1-3-6-14)19(23)13-24-18-21-11-4-12-22(18)19/h1-3,5-10,17,23H,4,11-13H2. The number of thioether (sulfide) groups is 1. The summed E-state index contributed by atoms with van der Waals surface area (Å²) in [5, 5.41) is 12.7. The van der Waals surface area contributed by atoms with Crippen molar-refractivity contribution in [3.8, 4) is 0 Å². The molecule has 1 N–H and O–H groups in total. The van der Waals surface area contributed by atoms with Gasteiger partial charge in [-0.25, -0.2) is 0 Å². The average molecular weight is 403 g/mol. The molecule has 0 amide bonds. The van der Waals surface area contributed by atoms with E-state index in [-0.39, 0.29) is 5.92 Å². The zero-order chi connectivity index (χ0) is 16.6. The van der Waals surface area contributed by atoms with Gasteiger partial charge in [-0.1, -0.05) is 70.2 Å². The lowest BCUT2D eigenvalue weighted by atomic mass is 9.82. The molecule has 0 aliphatic carbocycles. The van der Waals surface area contributed by atoms with Crippen molar-refractivity contribution in [2.24, 2.45) is 4.99 Å². The Labute approximate surface area is 154 Å². The number of hydrogen-bond acceptors (Lipinski definition) is 4. The molecule has 0 radical (unpaired) electrons. The molecule has 5 heteroatoms. The smallest absolute Gasteiger partial charge is 0.161 e. The molecule has 1 saturated heterocycles. The molecule has 0 aromatic heterocycles. The molecule has 124 valence electrons. The van der Waals surface area contributed by atoms with Gasteiger partial charge >= 0.3 is 0 Å². The second-order valence-electron chi connectivity index (χ2n) is 6.23. The van der Waals surface area contributed by atoms with Gasteiger partial charge in [-0.2, -0.15) is 0 Å². The zero-order valence-electron chi connectivity index (χ0n) is 13.2. The van der Waals surface area contributed by atoms with Crippen LogP contribution in [0.2, 0.25) is 0 Å². The summed E-state index contributed by atoms with van der Waals surface area (Å²) in [4.78, 5) is 6.72. The average Bonchev–Trinajstić information content (AvgIpc) is 2.96. The third-order valence-corrected chi connectivity index (χ3v) is 6.40. The number of hydrogen-bond donors (Lipinski definition) is 1. The minimum Gasteiger partial charge on any atom is -0.369 e. The van der Waals surface area contributed by atoms with E-state index in [2.05, 4.69) is 50.1 Å². The lowest BCUT2D eigenvalue weighted by Gasteiger charge is -2.42. The van der Waals surface area contributed by atoms with Crippen LogP contribution in [0.4, 0.5) is 0 Å². The molecule has 0 spiro atoms. The van der Waals surface area contributed by atoms with Crippen molar-refractivity contribution in [1.82, 2.24) is 4.90 Å². The predicted octanol–water partition coefficient (Wildman–Crippen LogP) is 4.08. The third kappa shape index (κ3) is 2.79. The summed E-state index contributed by atoms with van der Waals surface area (Å²) in [6, 6.07) is 18.6. The second-order valence-corrected chi connectivity index (χ2v) is 8.09. The first-order valence-corrected chi connectivity index (χ1v) is 9.94. The quantitative estimate of drug-likeness (QED) is 0.839. The van der Waals surface area contributed by atoms with Gasteiger partial charge in [-0.15, -0.1) is 0 Å². The monoisotopic (exact) mass is 402 g/mol. The third-order valence-electron chi connectivity index (χ3n) is 4.70. The van der Waals surface area contributed by atoms with Crippen molar-refractivity contribution < 1.29 is 5.11 Å². The van der Waals surface area contributed by atoms with E-state index in [1.165, 1.54) is 0 Å². The molecule has 3 nitrogen and oxygen atoms in total. The summed E-state index contributed by atoms with van der Waals surface area (Å²) in [7, 11) is 0. The van der Waals surface area contributed by atoms with Crippen LogP contribution < -0.4 is 0 Å². The Morgan fingerprint density at radius 1 is 1.08 bits per heavy atom. The summed E-state index contributed by atoms with van der Waals surface area (Å²) in [5.74, 6) is 0.534. The number of rotatable bonds is 3. The van der Waals surface area contributed by atoms with Crippen LogP contribution in [0.15, 0.2) is 64.1 Å². The number of amidine groups is 1. The summed E-state index contributed by atoms with van der Waals surface area (Å²) in [5.41, 5.74) is 1.31. The summed E-state index contributed by atoms with van der Waals surface area (Å²) >= 11 is 5.18. The largest absolute Gasteiger partial charge is 0.369 e. The molecule has 2 aromatic carbocycles. The number of fused-ring (bicyclic) bond motifs is 1. The van der Waals surface area contributed by atoms with E-state index >= 15 is 0 Å². The Kier molecular flexibility index (Phi) is 4.41. The van der Waals surface area contributed by atoms with Crippen LogP contribution in [0.5, 0.6) is 0 Å². The Morgan fingerprint density at radius 2 is 1.79 bits per heavy atom. The highest BCUT2D eigenvalue weighted by atomic mass is 79.9. The first-order valence-electron chi connectivity index (χ1n) is 8.16. The van der Waals surface area contributed by atoms with E-state index < -0.39 is 5.72 Å². The number of aliphatic hydroxyl groups is 1. The first kappa shape index (κ1) is 16.2. The minimum absolute atomic E-state index is 0.106. The predicted molar refractivity (Wildman–Crippen MR) is 103 cm³/mol. The highest BCUT2D eigenvalue weighted by molar-refractivity contribution is 9.10. The van der Waals surface area contributed by atoms with E-state index in [0.717, 1.165) is 40.3 Å². The van der Waals surface area contributed by atoms with Gasteiger partial charge in [0.2, 0.25) is 0 Å². The fourth-order valence-corrected chi connectivity index (χ4v) is 5.10. The molecule has 2 aromatic rings. The Morgan fingerprint density at radius 3 is 2.54 bits per heavy atom. The normalized spacial score (nSPS) is 24.4. The van der Waals surface area contributed by atoms with Crippen molar-refractivity contribution in [3.05, 3.63) is 70.2 Å². The van der Waals surface area contributed by atoms with Crippen LogP contribution in [-0.2, 0) is 0 Å². The number of nitrogens with zero attached hydrogens (tertiary/aromatic N) is 2. The van der Waals surface area contributed by atoms with Gasteiger partial charge < -0.3 is 10.0 Å². The molecule has 24 heavy (non-hydrogen) atoms. The molecule has 2 aliphatic heterocycles. The van der Waals surface area contributed by atoms with Crippen molar-refractivity contribution in [2.45, 2.75) is 18.1 Å². The summed E-state index contributed by atoms with van der Waals surface area (Å²) in [6.07, 6.45) is 0.994. The second kappa shape index (κ2) is 6.54. The van der Waals surface area contributed by atoms with Gasteiger partial charge in [-0.3, -0.25) is 4.99 Å². The topological polar surface area (TPSA) is 35.8 Å². The maximum atomic E-state index is 11.7. The van der Waals surface area contributed by atoms with E-state index in [1.54, 1.807) is 11.8 Å². The lowest BCUT2D eigenvalue weighted by Crippen LogP contribution is -2.53. The van der Waals surface area contributed by atoms with Crippen molar-refractivity contribution in [2.75, 3.05) is 18.8 Å². The van der Waals surface area contributed by atoms with E-state index in [0.29, 0.717) is 5.75 Å². The van der Waals surface area contributed by atoms with Crippen LogP contribution in [0.25, 0.3) is 0 Å². The van der Waals surface area contributed by atoms with E-state index in [9.17, 15) is 5.11 Å². The van der Waals surface area contributed by atoms with Crippen LogP contribution in [0.1, 0.15) is 23.5 Å². The molecule has 2 heterocycles. The fourth-order valence-electron chi connectivity index (χ4n) is 3.58. The van der Waals surface area contributed by atoms with E-state index in [1.807, 2.05) is 30.3 Å². The molecule has 1 fully saturated rings. The van der Waals surface area contributed by atoms with Gasteiger partial charge in [-0.05, 0) is 29.7 Å². The lowest BCUT2D eigenvalue weighted by molar-refractivity contribution is -0.0573. The van der Waals surface area contributed by atoms with Crippen LogP contribution >= 0.6 is 27.7 Å². The van der Waals surface area contributed by atoms with Gasteiger partial charge in [0.25, 0.3) is 0 Å². The number of aliphatic imine (C=N–C) groups is 1. The van der Waals surface area contributed by atoms with E-state index in [4.69, 9.17) is 0 Å². The molecule has 2 aliphatic rings. The minimum atomic E-state index is -0.945. The van der Waals surface area contributed by atoms with Crippen molar-refractivity contribution in [1.29, 1.82) is 0 Å². The number of halogens is 1. The van der Waals surface area contributed by atoms with Crippen molar-refractivity contribution in [3.63, 3.8) is 0 Å². The fraction of sp³-hybridized carbons (Fsp3) is 0.316. The SMILES string of the molecule is OC1(C(c2ccccc2)c2ccc(Br)cc2)CSC2=NCCCN21. The summed E-state index contributed by atoms with van der Waals surface area (Å²) < 4.78 is 1.05. The highest BCUT2D eigenvalue weighted by Crippen LogP contribution is 2.45. The molecule has 2 unspecified atom stereocenters. The molecule has 0 saturated carbocycles. The Hall–Kier alpha value is -1.30. The van der Waals surface area contributed by atoms with Gasteiger partial charge in [0.1, 0.15) is 0 Å². The first-order chi connectivity index (χ1) is 11.7. The Bertz CT molecular complexity index is 750. The van der Waals surface area contributed by atoms with Crippen LogP contribution in [-0.4, -0.2) is 39.7 Å². The van der Waals surface area contributed by atoms with Gasteiger partial charge in [0.15, 0.2) is 10.9 Å². The molecule has 2 atom stereocenters. The zero-order valence-corrected chi connectivity index (χ0v) is 15.6. The van der Waals surface area contributed by atoms with Gasteiger partial charge in [0.05, 0.1) is 5.92 Å². The number of benzene rings is 2. The molecular formula is C19H19BrN2OS. The van der Waals surface area contributed by atoms with Crippen LogP contribution in [0, 0.1) is 0 Å². The Balaban J connectivity index is 1.82. The highest BCUT2D eigenvalue weighted by Gasteiger charge is 2.50. The van der Waals surface area contributed by atoms with Crippen LogP contribution in [0.3, 0.4) is 0 Å². The maximum absolute atomic E-state index is 11.7. The van der Waals surface area contributed by atoms with Crippen molar-refractivity contribution >= 4 is 32.9 Å². The molecule has 0 bridgehead atoms. The maximum Gasteiger partial charge on any atom is 0.161 e. The van der Waals surface area contributed by atoms with Gasteiger partial charge in [0, 0.05) is 23.3 Å². The molecule has 4 rings (SSSR count). The molecular weight excluding hydrogens is 384 g/mol. The summed E-state index contributed by atoms with van der Waals surface area (Å²) in [6.45, 7) is 1.73.